The maximum absolute atomic E-state index is 12.5. The third-order valence-electron chi connectivity index (χ3n) is 4.85. The third-order valence-corrected chi connectivity index (χ3v) is 4.85. The van der Waals surface area contributed by atoms with Gasteiger partial charge in [-0.25, -0.2) is 15.0 Å². The summed E-state index contributed by atoms with van der Waals surface area (Å²) < 4.78 is 5.23. The van der Waals surface area contributed by atoms with Crippen LogP contribution in [-0.2, 0) is 6.42 Å². The number of hydrogen-bond donors (Lipinski definition) is 0. The third kappa shape index (κ3) is 3.55. The second-order valence-electron chi connectivity index (χ2n) is 6.80. The molecule has 4 heterocycles. The van der Waals surface area contributed by atoms with Gasteiger partial charge in [-0.1, -0.05) is 5.16 Å². The van der Waals surface area contributed by atoms with Gasteiger partial charge in [0, 0.05) is 25.5 Å². The van der Waals surface area contributed by atoms with Gasteiger partial charge in [-0.3, -0.25) is 9.78 Å². The number of carbonyl (C=O) groups excluding carboxylic acids is 1. The standard InChI is InChI=1S/C19H20N6O2/c1-12-18(13(2)27-24-12)17-9-21-8-15(23-17)7-14-4-6-25(10-14)19(26)16-3-5-20-11-22-16/h3,5,8-9,11,14H,4,6-7,10H2,1-2H3. The van der Waals surface area contributed by atoms with Crippen molar-refractivity contribution in [3.63, 3.8) is 0 Å². The van der Waals surface area contributed by atoms with Crippen LogP contribution in [0.4, 0.5) is 0 Å². The Morgan fingerprint density at radius 2 is 2.19 bits per heavy atom. The van der Waals surface area contributed by atoms with Crippen molar-refractivity contribution in [2.24, 2.45) is 5.92 Å². The van der Waals surface area contributed by atoms with Crippen molar-refractivity contribution in [3.05, 3.63) is 53.8 Å². The minimum atomic E-state index is -0.0459. The van der Waals surface area contributed by atoms with Crippen molar-refractivity contribution in [1.82, 2.24) is 30.0 Å². The van der Waals surface area contributed by atoms with Crippen LogP contribution in [0.15, 0.2) is 35.5 Å². The molecule has 0 bridgehead atoms. The fourth-order valence-electron chi connectivity index (χ4n) is 3.53. The van der Waals surface area contributed by atoms with Gasteiger partial charge in [-0.05, 0) is 38.7 Å². The van der Waals surface area contributed by atoms with E-state index < -0.39 is 0 Å². The lowest BCUT2D eigenvalue weighted by Gasteiger charge is -2.15. The van der Waals surface area contributed by atoms with Crippen LogP contribution < -0.4 is 0 Å². The zero-order chi connectivity index (χ0) is 18.8. The molecule has 27 heavy (non-hydrogen) atoms. The predicted octanol–water partition coefficient (Wildman–Crippen LogP) is 2.24. The monoisotopic (exact) mass is 364 g/mol. The van der Waals surface area contributed by atoms with Gasteiger partial charge in [0.05, 0.1) is 28.8 Å². The molecule has 1 amide bonds. The molecule has 138 valence electrons. The van der Waals surface area contributed by atoms with Gasteiger partial charge >= 0.3 is 0 Å². The molecular formula is C19H20N6O2. The molecule has 1 fully saturated rings. The van der Waals surface area contributed by atoms with E-state index in [1.807, 2.05) is 18.7 Å². The van der Waals surface area contributed by atoms with Gasteiger partial charge in [0.15, 0.2) is 0 Å². The second kappa shape index (κ2) is 7.22. The van der Waals surface area contributed by atoms with E-state index in [-0.39, 0.29) is 5.91 Å². The van der Waals surface area contributed by atoms with E-state index in [1.165, 1.54) is 6.33 Å². The van der Waals surface area contributed by atoms with Gasteiger partial charge in [0.25, 0.3) is 5.91 Å². The molecule has 1 aliphatic rings. The van der Waals surface area contributed by atoms with Crippen LogP contribution in [0.3, 0.4) is 0 Å². The molecular weight excluding hydrogens is 344 g/mol. The Morgan fingerprint density at radius 3 is 2.93 bits per heavy atom. The van der Waals surface area contributed by atoms with E-state index >= 15 is 0 Å². The molecule has 0 radical (unpaired) electrons. The first-order valence-corrected chi connectivity index (χ1v) is 8.91. The largest absolute Gasteiger partial charge is 0.361 e. The lowest BCUT2D eigenvalue weighted by molar-refractivity contribution is 0.0781. The average molecular weight is 364 g/mol. The number of nitrogens with zero attached hydrogens (tertiary/aromatic N) is 6. The normalized spacial score (nSPS) is 16.7. The molecule has 8 heteroatoms. The summed E-state index contributed by atoms with van der Waals surface area (Å²) in [6.07, 6.45) is 8.22. The van der Waals surface area contributed by atoms with Gasteiger partial charge in [0.2, 0.25) is 0 Å². The Labute approximate surface area is 156 Å². The average Bonchev–Trinajstić information content (AvgIpc) is 3.28. The van der Waals surface area contributed by atoms with Crippen LogP contribution in [0.25, 0.3) is 11.3 Å². The number of amides is 1. The highest BCUT2D eigenvalue weighted by Crippen LogP contribution is 2.26. The first-order valence-electron chi connectivity index (χ1n) is 8.91. The molecule has 3 aromatic heterocycles. The van der Waals surface area contributed by atoms with Crippen molar-refractivity contribution in [1.29, 1.82) is 0 Å². The van der Waals surface area contributed by atoms with Gasteiger partial charge < -0.3 is 9.42 Å². The van der Waals surface area contributed by atoms with Crippen LogP contribution in [0.5, 0.6) is 0 Å². The number of hydrogen-bond acceptors (Lipinski definition) is 7. The highest BCUT2D eigenvalue weighted by atomic mass is 16.5. The molecule has 1 aliphatic heterocycles. The van der Waals surface area contributed by atoms with Crippen LogP contribution >= 0.6 is 0 Å². The van der Waals surface area contributed by atoms with Crippen molar-refractivity contribution in [2.45, 2.75) is 26.7 Å². The lowest BCUT2D eigenvalue weighted by atomic mass is 10.0. The zero-order valence-corrected chi connectivity index (χ0v) is 15.3. The van der Waals surface area contributed by atoms with Crippen LogP contribution in [0, 0.1) is 19.8 Å². The molecule has 1 atom stereocenters. The van der Waals surface area contributed by atoms with Crippen LogP contribution in [0.1, 0.15) is 34.1 Å². The number of likely N-dealkylation sites (tertiary alicyclic amines) is 1. The highest BCUT2D eigenvalue weighted by molar-refractivity contribution is 5.92. The molecule has 8 nitrogen and oxygen atoms in total. The Morgan fingerprint density at radius 1 is 1.30 bits per heavy atom. The van der Waals surface area contributed by atoms with E-state index in [2.05, 4.69) is 20.1 Å². The number of aryl methyl sites for hydroxylation is 2. The molecule has 0 N–H and O–H groups in total. The van der Waals surface area contributed by atoms with Crippen molar-refractivity contribution in [2.75, 3.05) is 13.1 Å². The first kappa shape index (κ1) is 17.3. The van der Waals surface area contributed by atoms with E-state index in [0.717, 1.165) is 47.8 Å². The van der Waals surface area contributed by atoms with Gasteiger partial charge in [-0.2, -0.15) is 0 Å². The molecule has 0 spiro atoms. The molecule has 0 aliphatic carbocycles. The molecule has 3 aromatic rings. The maximum atomic E-state index is 12.5. The lowest BCUT2D eigenvalue weighted by Crippen LogP contribution is -2.29. The zero-order valence-electron chi connectivity index (χ0n) is 15.3. The van der Waals surface area contributed by atoms with Crippen LogP contribution in [0.2, 0.25) is 0 Å². The minimum Gasteiger partial charge on any atom is -0.361 e. The van der Waals surface area contributed by atoms with Crippen molar-refractivity contribution in [3.8, 4) is 11.3 Å². The summed E-state index contributed by atoms with van der Waals surface area (Å²) in [7, 11) is 0. The Hall–Kier alpha value is -3.16. The molecule has 1 unspecified atom stereocenters. The Kier molecular flexibility index (Phi) is 4.62. The summed E-state index contributed by atoms with van der Waals surface area (Å²) in [5, 5.41) is 3.99. The number of rotatable bonds is 4. The van der Waals surface area contributed by atoms with E-state index in [9.17, 15) is 4.79 Å². The smallest absolute Gasteiger partial charge is 0.272 e. The number of aromatic nitrogens is 5. The highest BCUT2D eigenvalue weighted by Gasteiger charge is 2.28. The Bertz CT molecular complexity index is 936. The summed E-state index contributed by atoms with van der Waals surface area (Å²) in [5.41, 5.74) is 3.83. The topological polar surface area (TPSA) is 97.9 Å². The van der Waals surface area contributed by atoms with Gasteiger partial charge in [0.1, 0.15) is 17.8 Å². The molecule has 0 saturated carbocycles. The SMILES string of the molecule is Cc1noc(C)c1-c1cncc(CC2CCN(C(=O)c3ccncn3)C2)n1. The molecule has 0 aromatic carbocycles. The summed E-state index contributed by atoms with van der Waals surface area (Å²) in [6.45, 7) is 5.19. The predicted molar refractivity (Wildman–Crippen MR) is 96.7 cm³/mol. The first-order chi connectivity index (χ1) is 13.1. The maximum Gasteiger partial charge on any atom is 0.272 e. The fourth-order valence-corrected chi connectivity index (χ4v) is 3.53. The fraction of sp³-hybridized carbons (Fsp3) is 0.368. The van der Waals surface area contributed by atoms with Crippen LogP contribution in [-0.4, -0.2) is 49.0 Å². The summed E-state index contributed by atoms with van der Waals surface area (Å²) in [4.78, 5) is 31.4. The van der Waals surface area contributed by atoms with Crippen molar-refractivity contribution < 1.29 is 9.32 Å². The summed E-state index contributed by atoms with van der Waals surface area (Å²) in [5.74, 6) is 1.04. The molecule has 4 rings (SSSR count). The van der Waals surface area contributed by atoms with E-state index in [4.69, 9.17) is 9.51 Å². The molecule has 1 saturated heterocycles. The summed E-state index contributed by atoms with van der Waals surface area (Å²) >= 11 is 0. The van der Waals surface area contributed by atoms with Crippen molar-refractivity contribution >= 4 is 5.91 Å². The second-order valence-corrected chi connectivity index (χ2v) is 6.80. The minimum absolute atomic E-state index is 0.0459. The van der Waals surface area contributed by atoms with Gasteiger partial charge in [-0.15, -0.1) is 0 Å². The Balaban J connectivity index is 1.45. The van der Waals surface area contributed by atoms with E-state index in [1.54, 1.807) is 24.7 Å². The van der Waals surface area contributed by atoms with E-state index in [0.29, 0.717) is 18.2 Å². The summed E-state index contributed by atoms with van der Waals surface area (Å²) in [6, 6.07) is 1.65. The quantitative estimate of drug-likeness (QED) is 0.700. The number of carbonyl (C=O) groups is 1.